The average Bonchev–Trinajstić information content (AvgIpc) is 2.36. The molecule has 0 aliphatic heterocycles. The first-order valence-corrected chi connectivity index (χ1v) is 7.87. The topological polar surface area (TPSA) is 37.3 Å². The third-order valence-corrected chi connectivity index (χ3v) is 4.12. The van der Waals surface area contributed by atoms with Crippen molar-refractivity contribution in [1.82, 2.24) is 0 Å². The highest BCUT2D eigenvalue weighted by Crippen LogP contribution is 2.40. The summed E-state index contributed by atoms with van der Waals surface area (Å²) in [6, 6.07) is 0. The Kier molecular flexibility index (Phi) is 9.14. The van der Waals surface area contributed by atoms with Crippen molar-refractivity contribution < 1.29 is 9.90 Å². The van der Waals surface area contributed by atoms with Gasteiger partial charge in [0.15, 0.2) is 0 Å². The van der Waals surface area contributed by atoms with Crippen molar-refractivity contribution in [3.05, 3.63) is 58.7 Å². The fourth-order valence-electron chi connectivity index (χ4n) is 2.88. The second-order valence-corrected chi connectivity index (χ2v) is 6.76. The normalized spacial score (nSPS) is 19.3. The Labute approximate surface area is 151 Å². The third-order valence-electron chi connectivity index (χ3n) is 4.12. The molecule has 0 fully saturated rings. The molecule has 0 atom stereocenters. The van der Waals surface area contributed by atoms with Crippen LogP contribution in [0.3, 0.4) is 0 Å². The summed E-state index contributed by atoms with van der Waals surface area (Å²) in [5.41, 5.74) is 5.09. The van der Waals surface area contributed by atoms with Crippen LogP contribution in [0.1, 0.15) is 53.9 Å². The molecule has 0 heterocycles. The van der Waals surface area contributed by atoms with Gasteiger partial charge >= 0.3 is 5.97 Å². The molecule has 23 heavy (non-hydrogen) atoms. The van der Waals surface area contributed by atoms with Crippen molar-refractivity contribution in [3.63, 3.8) is 0 Å². The number of carboxylic acids is 1. The smallest absolute Gasteiger partial charge is 0.328 e. The Balaban J connectivity index is 0.00000484. The Morgan fingerprint density at radius 2 is 1.83 bits per heavy atom. The number of carbonyl (C=O) groups is 1. The molecule has 3 heteroatoms. The summed E-state index contributed by atoms with van der Waals surface area (Å²) < 4.78 is 0. The van der Waals surface area contributed by atoms with Gasteiger partial charge < -0.3 is 5.11 Å². The second-order valence-electron chi connectivity index (χ2n) is 6.76. The van der Waals surface area contributed by atoms with E-state index in [1.165, 1.54) is 36.5 Å². The summed E-state index contributed by atoms with van der Waals surface area (Å²) in [6.07, 6.45) is 15.0. The van der Waals surface area contributed by atoms with Crippen LogP contribution in [-0.4, -0.2) is 11.1 Å². The number of halogens is 1. The molecule has 1 N–H and O–H groups in total. The predicted molar refractivity (Wildman–Crippen MR) is 104 cm³/mol. The van der Waals surface area contributed by atoms with Gasteiger partial charge in [0.2, 0.25) is 0 Å². The number of aliphatic carboxylic acids is 1. The highest BCUT2D eigenvalue weighted by atomic mass is 79.9. The summed E-state index contributed by atoms with van der Waals surface area (Å²) in [4.78, 5) is 10.5. The molecule has 0 saturated carbocycles. The molecule has 0 unspecified atom stereocenters. The number of allylic oxidation sites excluding steroid dienone is 9. The minimum absolute atomic E-state index is 0. The molecule has 0 amide bonds. The van der Waals surface area contributed by atoms with Crippen molar-refractivity contribution in [3.8, 4) is 0 Å². The highest BCUT2D eigenvalue weighted by molar-refractivity contribution is 8.93. The lowest BCUT2D eigenvalue weighted by atomic mass is 9.72. The van der Waals surface area contributed by atoms with Gasteiger partial charge in [0, 0.05) is 6.08 Å². The van der Waals surface area contributed by atoms with Gasteiger partial charge in [-0.15, -0.1) is 17.0 Å². The summed E-state index contributed by atoms with van der Waals surface area (Å²) in [7, 11) is 0. The van der Waals surface area contributed by atoms with E-state index < -0.39 is 5.97 Å². The molecule has 0 aromatic carbocycles. The van der Waals surface area contributed by atoms with E-state index in [1.54, 1.807) is 13.0 Å². The molecule has 0 saturated heterocycles. The molecule has 1 aliphatic carbocycles. The molecular formula is C20H29BrO2. The molecule has 0 bridgehead atoms. The van der Waals surface area contributed by atoms with Crippen molar-refractivity contribution in [2.75, 3.05) is 0 Å². The predicted octanol–water partition coefficient (Wildman–Crippen LogP) is 6.18. The van der Waals surface area contributed by atoms with E-state index in [4.69, 9.17) is 5.11 Å². The minimum atomic E-state index is -0.912. The number of carboxylic acid groups (broad SMARTS) is 1. The van der Waals surface area contributed by atoms with Crippen LogP contribution in [-0.2, 0) is 4.79 Å². The van der Waals surface area contributed by atoms with E-state index >= 15 is 0 Å². The summed E-state index contributed by atoms with van der Waals surface area (Å²) in [6.45, 7) is 10.7. The van der Waals surface area contributed by atoms with Gasteiger partial charge in [-0.2, -0.15) is 0 Å². The van der Waals surface area contributed by atoms with E-state index in [0.717, 1.165) is 11.1 Å². The Morgan fingerprint density at radius 3 is 2.39 bits per heavy atom. The quantitative estimate of drug-likeness (QED) is 0.456. The van der Waals surface area contributed by atoms with Crippen LogP contribution in [0.2, 0.25) is 0 Å². The van der Waals surface area contributed by atoms with Crippen molar-refractivity contribution >= 4 is 23.0 Å². The maximum atomic E-state index is 10.5. The lowest BCUT2D eigenvalue weighted by Gasteiger charge is -2.32. The maximum absolute atomic E-state index is 10.5. The van der Waals surface area contributed by atoms with E-state index in [1.807, 2.05) is 12.2 Å². The van der Waals surface area contributed by atoms with E-state index in [9.17, 15) is 4.79 Å². The van der Waals surface area contributed by atoms with Crippen molar-refractivity contribution in [2.45, 2.75) is 53.9 Å². The fraction of sp³-hybridized carbons (Fsp3) is 0.450. The van der Waals surface area contributed by atoms with Crippen LogP contribution in [0.4, 0.5) is 0 Å². The van der Waals surface area contributed by atoms with Gasteiger partial charge in [-0.3, -0.25) is 0 Å². The zero-order valence-electron chi connectivity index (χ0n) is 14.8. The molecule has 0 radical (unpaired) electrons. The molecule has 2 nitrogen and oxygen atoms in total. The minimum Gasteiger partial charge on any atom is -0.478 e. The van der Waals surface area contributed by atoms with Crippen LogP contribution in [0.15, 0.2) is 58.7 Å². The fourth-order valence-corrected chi connectivity index (χ4v) is 2.88. The first-order chi connectivity index (χ1) is 10.2. The molecule has 1 aliphatic rings. The monoisotopic (exact) mass is 380 g/mol. The zero-order chi connectivity index (χ0) is 16.8. The molecule has 128 valence electrons. The Bertz CT molecular complexity index is 572. The van der Waals surface area contributed by atoms with Gasteiger partial charge in [0.25, 0.3) is 0 Å². The summed E-state index contributed by atoms with van der Waals surface area (Å²) in [5, 5.41) is 8.65. The number of rotatable bonds is 5. The van der Waals surface area contributed by atoms with E-state index in [0.29, 0.717) is 0 Å². The second kappa shape index (κ2) is 9.71. The molecular weight excluding hydrogens is 352 g/mol. The molecule has 0 aromatic heterocycles. The van der Waals surface area contributed by atoms with Crippen molar-refractivity contribution in [2.24, 2.45) is 5.41 Å². The van der Waals surface area contributed by atoms with Crippen molar-refractivity contribution in [1.29, 1.82) is 0 Å². The standard InChI is InChI=1S/C20H28O2.BrH/c1-15(8-6-9-16(2)14-19(21)22)11-12-18-17(3)10-7-13-20(18,4)5;/h6,8-9,11-12,14H,7,10,13H2,1-5H3,(H,21,22);1H/b9-6+,12-11+,15-8+,16-14-;. The summed E-state index contributed by atoms with van der Waals surface area (Å²) in [5.74, 6) is -0.912. The van der Waals surface area contributed by atoms with Gasteiger partial charge in [-0.25, -0.2) is 4.79 Å². The first-order valence-electron chi connectivity index (χ1n) is 7.87. The van der Waals surface area contributed by atoms with Crippen LogP contribution in [0, 0.1) is 5.41 Å². The largest absolute Gasteiger partial charge is 0.478 e. The SMILES string of the molecule is Br.CC1=C(/C=C/C(C)=C/C=C/C(C)=C\C(=O)O)C(C)(C)CCC1. The van der Waals surface area contributed by atoms with Crippen LogP contribution in [0.25, 0.3) is 0 Å². The van der Waals surface area contributed by atoms with Crippen LogP contribution in [0.5, 0.6) is 0 Å². The average molecular weight is 381 g/mol. The van der Waals surface area contributed by atoms with E-state index in [-0.39, 0.29) is 22.4 Å². The Hall–Kier alpha value is -1.35. The van der Waals surface area contributed by atoms with Gasteiger partial charge in [0.1, 0.15) is 0 Å². The number of hydrogen-bond donors (Lipinski definition) is 1. The zero-order valence-corrected chi connectivity index (χ0v) is 16.6. The molecule has 0 spiro atoms. The van der Waals surface area contributed by atoms with E-state index in [2.05, 4.69) is 39.8 Å². The lowest BCUT2D eigenvalue weighted by Crippen LogP contribution is -2.19. The molecule has 0 aromatic rings. The van der Waals surface area contributed by atoms with Gasteiger partial charge in [0.05, 0.1) is 0 Å². The highest BCUT2D eigenvalue weighted by Gasteiger charge is 2.26. The summed E-state index contributed by atoms with van der Waals surface area (Å²) >= 11 is 0. The van der Waals surface area contributed by atoms with Gasteiger partial charge in [-0.05, 0) is 56.6 Å². The lowest BCUT2D eigenvalue weighted by molar-refractivity contribution is -0.131. The Morgan fingerprint density at radius 1 is 1.17 bits per heavy atom. The molecule has 1 rings (SSSR count). The van der Waals surface area contributed by atoms with Gasteiger partial charge in [-0.1, -0.05) is 55.4 Å². The third kappa shape index (κ3) is 7.65. The van der Waals surface area contributed by atoms with Crippen LogP contribution < -0.4 is 0 Å². The first kappa shape index (κ1) is 21.6. The number of hydrogen-bond acceptors (Lipinski definition) is 1. The maximum Gasteiger partial charge on any atom is 0.328 e. The van der Waals surface area contributed by atoms with Crippen LogP contribution >= 0.6 is 17.0 Å².